The Labute approximate surface area is 103 Å². The fraction of sp³-hybridized carbons (Fsp3) is 0.900. The molecule has 0 spiro atoms. The third-order valence-electron chi connectivity index (χ3n) is 3.16. The van der Waals surface area contributed by atoms with Gasteiger partial charge in [0.2, 0.25) is 10.0 Å². The maximum atomic E-state index is 11.5. The molecule has 2 N–H and O–H groups in total. The minimum atomic E-state index is -3.08. The molecule has 1 fully saturated rings. The van der Waals surface area contributed by atoms with Crippen LogP contribution in [0.3, 0.4) is 0 Å². The van der Waals surface area contributed by atoms with E-state index in [1.807, 2.05) is 0 Å². The van der Waals surface area contributed by atoms with Crippen molar-refractivity contribution in [2.24, 2.45) is 4.99 Å². The third-order valence-corrected chi connectivity index (χ3v) is 4.49. The maximum Gasteiger partial charge on any atom is 0.211 e. The Hall–Kier alpha value is -0.820. The lowest BCUT2D eigenvalue weighted by Crippen LogP contribution is -2.46. The topological polar surface area (TPSA) is 73.8 Å². The molecule has 2 heterocycles. The number of guanidine groups is 1. The second kappa shape index (κ2) is 4.81. The van der Waals surface area contributed by atoms with Gasteiger partial charge < -0.3 is 10.6 Å². The first-order valence-corrected chi connectivity index (χ1v) is 7.83. The summed E-state index contributed by atoms with van der Waals surface area (Å²) in [5, 5.41) is 6.39. The second-order valence-electron chi connectivity index (χ2n) is 4.79. The molecule has 1 unspecified atom stereocenters. The van der Waals surface area contributed by atoms with Gasteiger partial charge in [-0.3, -0.25) is 4.99 Å². The average molecular weight is 260 g/mol. The van der Waals surface area contributed by atoms with E-state index in [2.05, 4.69) is 22.5 Å². The van der Waals surface area contributed by atoms with Crippen molar-refractivity contribution in [3.8, 4) is 0 Å². The van der Waals surface area contributed by atoms with Gasteiger partial charge in [0, 0.05) is 25.2 Å². The fourth-order valence-corrected chi connectivity index (χ4v) is 3.51. The number of nitrogens with one attached hydrogen (secondary N) is 2. The van der Waals surface area contributed by atoms with Crippen LogP contribution in [0.4, 0.5) is 0 Å². The van der Waals surface area contributed by atoms with Gasteiger partial charge in [-0.25, -0.2) is 8.42 Å². The molecular weight excluding hydrogens is 240 g/mol. The second-order valence-corrected chi connectivity index (χ2v) is 6.72. The Morgan fingerprint density at radius 2 is 2.35 bits per heavy atom. The number of sulfonamides is 1. The van der Waals surface area contributed by atoms with E-state index in [1.54, 1.807) is 4.31 Å². The smallest absolute Gasteiger partial charge is 0.211 e. The molecule has 0 aliphatic carbocycles. The van der Waals surface area contributed by atoms with Crippen molar-refractivity contribution in [2.75, 3.05) is 25.9 Å². The highest BCUT2D eigenvalue weighted by atomic mass is 32.2. The molecule has 0 aromatic carbocycles. The summed E-state index contributed by atoms with van der Waals surface area (Å²) in [5.74, 6) is 0.790. The molecule has 2 atom stereocenters. The molecule has 1 saturated heterocycles. The Morgan fingerprint density at radius 1 is 1.59 bits per heavy atom. The summed E-state index contributed by atoms with van der Waals surface area (Å²) in [6, 6.07) is 0.428. The summed E-state index contributed by atoms with van der Waals surface area (Å²) in [6.45, 7) is 4.12. The number of aliphatic imine (C=N–C) groups is 1. The lowest BCUT2D eigenvalue weighted by Gasteiger charge is -2.22. The minimum absolute atomic E-state index is 0.0606. The summed E-state index contributed by atoms with van der Waals surface area (Å²) < 4.78 is 24.7. The monoisotopic (exact) mass is 260 g/mol. The Bertz CT molecular complexity index is 407. The Morgan fingerprint density at radius 3 is 2.94 bits per heavy atom. The van der Waals surface area contributed by atoms with Crippen LogP contribution in [-0.4, -0.2) is 56.7 Å². The minimum Gasteiger partial charge on any atom is -0.355 e. The zero-order valence-electron chi connectivity index (χ0n) is 10.3. The Kier molecular flexibility index (Phi) is 3.58. The first-order chi connectivity index (χ1) is 7.97. The van der Waals surface area contributed by atoms with Gasteiger partial charge in [0.15, 0.2) is 5.96 Å². The molecule has 6 nitrogen and oxygen atoms in total. The summed E-state index contributed by atoms with van der Waals surface area (Å²) in [5.41, 5.74) is 0. The van der Waals surface area contributed by atoms with Crippen LogP contribution in [0.15, 0.2) is 4.99 Å². The lowest BCUT2D eigenvalue weighted by molar-refractivity contribution is 0.387. The van der Waals surface area contributed by atoms with Gasteiger partial charge in [-0.1, -0.05) is 0 Å². The van der Waals surface area contributed by atoms with Gasteiger partial charge in [0.1, 0.15) is 0 Å². The summed E-state index contributed by atoms with van der Waals surface area (Å²) in [7, 11) is -3.08. The van der Waals surface area contributed by atoms with Gasteiger partial charge in [-0.15, -0.1) is 0 Å². The summed E-state index contributed by atoms with van der Waals surface area (Å²) in [6.07, 6.45) is 3.14. The van der Waals surface area contributed by atoms with Crippen molar-refractivity contribution >= 4 is 16.0 Å². The molecule has 2 aliphatic rings. The van der Waals surface area contributed by atoms with Crippen molar-refractivity contribution in [3.05, 3.63) is 0 Å². The average Bonchev–Trinajstić information content (AvgIpc) is 2.81. The zero-order valence-corrected chi connectivity index (χ0v) is 11.1. The van der Waals surface area contributed by atoms with Crippen molar-refractivity contribution in [1.29, 1.82) is 0 Å². The molecule has 98 valence electrons. The van der Waals surface area contributed by atoms with E-state index in [0.29, 0.717) is 19.1 Å². The van der Waals surface area contributed by atoms with E-state index >= 15 is 0 Å². The van der Waals surface area contributed by atoms with Crippen LogP contribution < -0.4 is 10.6 Å². The van der Waals surface area contributed by atoms with Crippen molar-refractivity contribution < 1.29 is 8.42 Å². The fourth-order valence-electron chi connectivity index (χ4n) is 2.32. The van der Waals surface area contributed by atoms with E-state index in [1.165, 1.54) is 6.26 Å². The van der Waals surface area contributed by atoms with Gasteiger partial charge in [-0.2, -0.15) is 4.31 Å². The van der Waals surface area contributed by atoms with Gasteiger partial charge in [0.05, 0.1) is 12.8 Å². The molecular formula is C10H20N4O2S. The first-order valence-electron chi connectivity index (χ1n) is 5.98. The largest absolute Gasteiger partial charge is 0.355 e. The van der Waals surface area contributed by atoms with Crippen LogP contribution in [0.5, 0.6) is 0 Å². The van der Waals surface area contributed by atoms with Crippen LogP contribution in [0.25, 0.3) is 0 Å². The van der Waals surface area contributed by atoms with Crippen LogP contribution in [0.2, 0.25) is 0 Å². The molecule has 17 heavy (non-hydrogen) atoms. The van der Waals surface area contributed by atoms with E-state index in [9.17, 15) is 8.42 Å². The molecule has 2 aliphatic heterocycles. The van der Waals surface area contributed by atoms with E-state index in [-0.39, 0.29) is 6.04 Å². The maximum absolute atomic E-state index is 11.5. The van der Waals surface area contributed by atoms with Gasteiger partial charge in [-0.05, 0) is 19.8 Å². The molecule has 0 aromatic rings. The molecule has 0 aromatic heterocycles. The lowest BCUT2D eigenvalue weighted by atomic mass is 10.2. The normalized spacial score (nSPS) is 30.1. The highest BCUT2D eigenvalue weighted by Gasteiger charge is 2.31. The predicted molar refractivity (Wildman–Crippen MR) is 67.5 cm³/mol. The van der Waals surface area contributed by atoms with Crippen molar-refractivity contribution in [3.63, 3.8) is 0 Å². The summed E-state index contributed by atoms with van der Waals surface area (Å²) in [4.78, 5) is 4.29. The summed E-state index contributed by atoms with van der Waals surface area (Å²) >= 11 is 0. The van der Waals surface area contributed by atoms with Crippen molar-refractivity contribution in [1.82, 2.24) is 14.9 Å². The SMILES string of the molecule is CC1CN=C(NC[C@H]2CCCN2S(C)(=O)=O)N1. The number of nitrogens with zero attached hydrogens (tertiary/aromatic N) is 2. The molecule has 2 rings (SSSR count). The van der Waals surface area contributed by atoms with Crippen LogP contribution >= 0.6 is 0 Å². The highest BCUT2D eigenvalue weighted by Crippen LogP contribution is 2.19. The third kappa shape index (κ3) is 3.10. The predicted octanol–water partition coefficient (Wildman–Crippen LogP) is -0.652. The molecule has 0 bridgehead atoms. The van der Waals surface area contributed by atoms with E-state index in [0.717, 1.165) is 25.3 Å². The Balaban J connectivity index is 1.87. The quantitative estimate of drug-likeness (QED) is 0.707. The molecule has 7 heteroatoms. The van der Waals surface area contributed by atoms with Crippen LogP contribution in [-0.2, 0) is 10.0 Å². The van der Waals surface area contributed by atoms with Gasteiger partial charge >= 0.3 is 0 Å². The van der Waals surface area contributed by atoms with Crippen LogP contribution in [0, 0.1) is 0 Å². The molecule has 0 saturated carbocycles. The number of hydrogen-bond donors (Lipinski definition) is 2. The van der Waals surface area contributed by atoms with Crippen LogP contribution in [0.1, 0.15) is 19.8 Å². The standard InChI is InChI=1S/C10H20N4O2S/c1-8-6-11-10(13-8)12-7-9-4-3-5-14(9)17(2,15)16/h8-9H,3-7H2,1-2H3,(H2,11,12,13)/t8?,9-/m1/s1. The van der Waals surface area contributed by atoms with Crippen molar-refractivity contribution in [2.45, 2.75) is 31.8 Å². The van der Waals surface area contributed by atoms with E-state index < -0.39 is 10.0 Å². The number of hydrogen-bond acceptors (Lipinski definition) is 5. The zero-order chi connectivity index (χ0) is 12.5. The van der Waals surface area contributed by atoms with E-state index in [4.69, 9.17) is 0 Å². The first kappa shape index (κ1) is 12.6. The molecule has 0 amide bonds. The highest BCUT2D eigenvalue weighted by molar-refractivity contribution is 7.88. The number of rotatable bonds is 3. The van der Waals surface area contributed by atoms with Gasteiger partial charge in [0.25, 0.3) is 0 Å². The molecule has 0 radical (unpaired) electrons.